The Bertz CT molecular complexity index is 1120. The van der Waals surface area contributed by atoms with Crippen molar-refractivity contribution < 1.29 is 14.0 Å². The molecule has 1 aromatic heterocycles. The van der Waals surface area contributed by atoms with Gasteiger partial charge in [-0.05, 0) is 55.7 Å². The Kier molecular flexibility index (Phi) is 4.41. The SMILES string of the molecule is Cc1cccc(NC(=O)c2c(N3CCCC3=O)c3cc(F)ccc3n2C)c1C. The Morgan fingerprint density at radius 3 is 2.68 bits per heavy atom. The molecule has 1 N–H and O–H groups in total. The predicted molar refractivity (Wildman–Crippen MR) is 108 cm³/mol. The van der Waals surface area contributed by atoms with Crippen LogP contribution in [-0.4, -0.2) is 22.9 Å². The van der Waals surface area contributed by atoms with Crippen molar-refractivity contribution in [3.05, 3.63) is 59.0 Å². The maximum atomic E-state index is 14.0. The summed E-state index contributed by atoms with van der Waals surface area (Å²) in [6.07, 6.45) is 1.16. The summed E-state index contributed by atoms with van der Waals surface area (Å²) in [4.78, 5) is 27.3. The first-order valence-electron chi connectivity index (χ1n) is 9.34. The number of carbonyl (C=O) groups excluding carboxylic acids is 2. The molecule has 0 spiro atoms. The lowest BCUT2D eigenvalue weighted by Gasteiger charge is -2.18. The summed E-state index contributed by atoms with van der Waals surface area (Å²) in [5.41, 5.74) is 4.34. The standard InChI is InChI=1S/C22H22FN3O2/c1-13-6-4-7-17(14(13)2)24-22(28)21-20(26-11-5-8-19(26)27)16-12-15(23)9-10-18(16)25(21)3/h4,6-7,9-10,12H,5,8,11H2,1-3H3,(H,24,28). The van der Waals surface area contributed by atoms with Gasteiger partial charge in [0, 0.05) is 31.1 Å². The molecular weight excluding hydrogens is 357 g/mol. The minimum Gasteiger partial charge on any atom is -0.338 e. The Morgan fingerprint density at radius 1 is 1.18 bits per heavy atom. The molecule has 1 saturated heterocycles. The van der Waals surface area contributed by atoms with Crippen molar-refractivity contribution in [3.63, 3.8) is 0 Å². The number of carbonyl (C=O) groups is 2. The molecule has 0 bridgehead atoms. The van der Waals surface area contributed by atoms with Crippen molar-refractivity contribution in [2.45, 2.75) is 26.7 Å². The van der Waals surface area contributed by atoms with Gasteiger partial charge in [0.2, 0.25) is 5.91 Å². The first kappa shape index (κ1) is 18.2. The fraction of sp³-hybridized carbons (Fsp3) is 0.273. The summed E-state index contributed by atoms with van der Waals surface area (Å²) >= 11 is 0. The summed E-state index contributed by atoms with van der Waals surface area (Å²) in [6.45, 7) is 4.46. The molecule has 1 aliphatic rings. The number of benzene rings is 2. The van der Waals surface area contributed by atoms with E-state index < -0.39 is 5.82 Å². The molecule has 2 amide bonds. The third kappa shape index (κ3) is 2.85. The zero-order valence-corrected chi connectivity index (χ0v) is 16.2. The number of nitrogens with zero attached hydrogens (tertiary/aromatic N) is 2. The molecule has 1 fully saturated rings. The van der Waals surface area contributed by atoms with Crippen molar-refractivity contribution in [1.29, 1.82) is 0 Å². The maximum absolute atomic E-state index is 14.0. The van der Waals surface area contributed by atoms with E-state index >= 15 is 0 Å². The van der Waals surface area contributed by atoms with E-state index in [1.54, 1.807) is 22.6 Å². The van der Waals surface area contributed by atoms with E-state index in [4.69, 9.17) is 0 Å². The highest BCUT2D eigenvalue weighted by atomic mass is 19.1. The Hall–Kier alpha value is -3.15. The Balaban J connectivity index is 1.88. The lowest BCUT2D eigenvalue weighted by molar-refractivity contribution is -0.117. The number of aromatic nitrogens is 1. The van der Waals surface area contributed by atoms with Crippen molar-refractivity contribution in [2.75, 3.05) is 16.8 Å². The number of amides is 2. The van der Waals surface area contributed by atoms with Crippen LogP contribution in [0.1, 0.15) is 34.5 Å². The average Bonchev–Trinajstić information content (AvgIpc) is 3.19. The van der Waals surface area contributed by atoms with Crippen molar-refractivity contribution in [3.8, 4) is 0 Å². The van der Waals surface area contributed by atoms with E-state index in [1.165, 1.54) is 12.1 Å². The first-order chi connectivity index (χ1) is 13.4. The fourth-order valence-corrected chi connectivity index (χ4v) is 3.88. The summed E-state index contributed by atoms with van der Waals surface area (Å²) in [6, 6.07) is 10.1. The maximum Gasteiger partial charge on any atom is 0.274 e. The van der Waals surface area contributed by atoms with Crippen LogP contribution in [0.5, 0.6) is 0 Å². The lowest BCUT2D eigenvalue weighted by Crippen LogP contribution is -2.27. The van der Waals surface area contributed by atoms with E-state index in [1.807, 2.05) is 32.0 Å². The third-order valence-corrected chi connectivity index (χ3v) is 5.55. The smallest absolute Gasteiger partial charge is 0.274 e. The molecule has 4 rings (SSSR count). The number of halogens is 1. The molecule has 28 heavy (non-hydrogen) atoms. The minimum atomic E-state index is -0.396. The zero-order valence-electron chi connectivity index (χ0n) is 16.2. The van der Waals surface area contributed by atoms with Gasteiger partial charge in [-0.3, -0.25) is 9.59 Å². The van der Waals surface area contributed by atoms with Crippen LogP contribution in [0, 0.1) is 19.7 Å². The molecule has 6 heteroatoms. The molecule has 5 nitrogen and oxygen atoms in total. The van der Waals surface area contributed by atoms with Crippen LogP contribution < -0.4 is 10.2 Å². The molecule has 3 aromatic rings. The minimum absolute atomic E-state index is 0.0439. The van der Waals surface area contributed by atoms with Gasteiger partial charge in [0.1, 0.15) is 11.5 Å². The molecule has 0 unspecified atom stereocenters. The molecular formula is C22H22FN3O2. The van der Waals surface area contributed by atoms with Crippen LogP contribution in [0.2, 0.25) is 0 Å². The van der Waals surface area contributed by atoms with Gasteiger partial charge in [-0.2, -0.15) is 0 Å². The third-order valence-electron chi connectivity index (χ3n) is 5.55. The van der Waals surface area contributed by atoms with E-state index in [0.717, 1.165) is 23.2 Å². The number of anilines is 2. The molecule has 144 valence electrons. The predicted octanol–water partition coefficient (Wildman–Crippen LogP) is 4.31. The quantitative estimate of drug-likeness (QED) is 0.737. The molecule has 1 aliphatic heterocycles. The summed E-state index contributed by atoms with van der Waals surface area (Å²) in [5, 5.41) is 3.54. The van der Waals surface area contributed by atoms with E-state index in [2.05, 4.69) is 5.32 Å². The highest BCUT2D eigenvalue weighted by Gasteiger charge is 2.31. The van der Waals surface area contributed by atoms with Crippen LogP contribution in [0.15, 0.2) is 36.4 Å². The fourth-order valence-electron chi connectivity index (χ4n) is 3.88. The number of hydrogen-bond acceptors (Lipinski definition) is 2. The zero-order chi connectivity index (χ0) is 20.0. The van der Waals surface area contributed by atoms with E-state index in [0.29, 0.717) is 35.2 Å². The largest absolute Gasteiger partial charge is 0.338 e. The molecule has 0 radical (unpaired) electrons. The van der Waals surface area contributed by atoms with Crippen LogP contribution in [0.25, 0.3) is 10.9 Å². The Morgan fingerprint density at radius 2 is 1.96 bits per heavy atom. The summed E-state index contributed by atoms with van der Waals surface area (Å²) in [7, 11) is 1.77. The van der Waals surface area contributed by atoms with Crippen LogP contribution in [0.4, 0.5) is 15.8 Å². The molecule has 0 aliphatic carbocycles. The lowest BCUT2D eigenvalue weighted by atomic mass is 10.1. The van der Waals surface area contributed by atoms with Crippen molar-refractivity contribution in [1.82, 2.24) is 4.57 Å². The number of aryl methyl sites for hydroxylation is 2. The van der Waals surface area contributed by atoms with Crippen LogP contribution >= 0.6 is 0 Å². The summed E-state index contributed by atoms with van der Waals surface area (Å²) in [5.74, 6) is -0.757. The number of hydrogen-bond donors (Lipinski definition) is 1. The molecule has 0 atom stereocenters. The van der Waals surface area contributed by atoms with Gasteiger partial charge < -0.3 is 14.8 Å². The molecule has 0 saturated carbocycles. The van der Waals surface area contributed by atoms with Gasteiger partial charge in [-0.1, -0.05) is 12.1 Å². The van der Waals surface area contributed by atoms with Gasteiger partial charge in [0.05, 0.1) is 11.2 Å². The first-order valence-corrected chi connectivity index (χ1v) is 9.34. The van der Waals surface area contributed by atoms with Crippen molar-refractivity contribution in [2.24, 2.45) is 7.05 Å². The topological polar surface area (TPSA) is 54.3 Å². The van der Waals surface area contributed by atoms with Gasteiger partial charge in [0.15, 0.2) is 0 Å². The van der Waals surface area contributed by atoms with E-state index in [-0.39, 0.29) is 11.8 Å². The van der Waals surface area contributed by atoms with Gasteiger partial charge in [0.25, 0.3) is 5.91 Å². The van der Waals surface area contributed by atoms with Gasteiger partial charge in [-0.15, -0.1) is 0 Å². The van der Waals surface area contributed by atoms with Gasteiger partial charge in [-0.25, -0.2) is 4.39 Å². The highest BCUT2D eigenvalue weighted by Crippen LogP contribution is 2.37. The van der Waals surface area contributed by atoms with Crippen LogP contribution in [-0.2, 0) is 11.8 Å². The van der Waals surface area contributed by atoms with Crippen LogP contribution in [0.3, 0.4) is 0 Å². The second-order valence-corrected chi connectivity index (χ2v) is 7.27. The summed E-state index contributed by atoms with van der Waals surface area (Å²) < 4.78 is 15.7. The number of nitrogens with one attached hydrogen (secondary N) is 1. The monoisotopic (exact) mass is 379 g/mol. The Labute approximate surface area is 162 Å². The number of fused-ring (bicyclic) bond motifs is 1. The second kappa shape index (κ2) is 6.78. The highest BCUT2D eigenvalue weighted by molar-refractivity contribution is 6.17. The van der Waals surface area contributed by atoms with Crippen molar-refractivity contribution >= 4 is 34.1 Å². The van der Waals surface area contributed by atoms with E-state index in [9.17, 15) is 14.0 Å². The second-order valence-electron chi connectivity index (χ2n) is 7.27. The number of rotatable bonds is 3. The molecule has 2 aromatic carbocycles. The average molecular weight is 379 g/mol. The molecule has 2 heterocycles. The normalized spacial score (nSPS) is 14.1. The van der Waals surface area contributed by atoms with Gasteiger partial charge >= 0.3 is 0 Å².